The van der Waals surface area contributed by atoms with Crippen LogP contribution < -0.4 is 0 Å². The van der Waals surface area contributed by atoms with Crippen LogP contribution in [0.5, 0.6) is 0 Å². The fourth-order valence-electron chi connectivity index (χ4n) is 2.37. The molecule has 0 aliphatic carbocycles. The SMILES string of the molecule is Cc1ccc(-c2cc(-c3ccsc3)nc(-c3cccs3)c2)o1. The first-order valence-electron chi connectivity index (χ1n) is 6.95. The van der Waals surface area contributed by atoms with E-state index in [4.69, 9.17) is 9.40 Å². The summed E-state index contributed by atoms with van der Waals surface area (Å²) in [5.41, 5.74) is 4.18. The Balaban J connectivity index is 1.91. The number of aromatic nitrogens is 1. The number of aryl methyl sites for hydroxylation is 1. The summed E-state index contributed by atoms with van der Waals surface area (Å²) in [6, 6.07) is 14.4. The highest BCUT2D eigenvalue weighted by molar-refractivity contribution is 7.13. The van der Waals surface area contributed by atoms with Crippen LogP contribution in [0.4, 0.5) is 0 Å². The van der Waals surface area contributed by atoms with Crippen LogP contribution >= 0.6 is 22.7 Å². The Morgan fingerprint density at radius 3 is 2.55 bits per heavy atom. The van der Waals surface area contributed by atoms with Crippen molar-refractivity contribution in [2.24, 2.45) is 0 Å². The van der Waals surface area contributed by atoms with E-state index in [0.29, 0.717) is 0 Å². The van der Waals surface area contributed by atoms with Gasteiger partial charge in [0.15, 0.2) is 0 Å². The van der Waals surface area contributed by atoms with Crippen molar-refractivity contribution in [1.29, 1.82) is 0 Å². The molecule has 0 spiro atoms. The Kier molecular flexibility index (Phi) is 3.41. The first-order valence-corrected chi connectivity index (χ1v) is 8.77. The fourth-order valence-corrected chi connectivity index (χ4v) is 3.71. The number of hydrogen-bond donors (Lipinski definition) is 0. The molecule has 0 amide bonds. The zero-order valence-electron chi connectivity index (χ0n) is 11.9. The Morgan fingerprint density at radius 2 is 1.86 bits per heavy atom. The highest BCUT2D eigenvalue weighted by Crippen LogP contribution is 2.33. The molecule has 0 aromatic carbocycles. The molecule has 0 saturated heterocycles. The Hall–Kier alpha value is -2.17. The zero-order valence-corrected chi connectivity index (χ0v) is 13.6. The van der Waals surface area contributed by atoms with Crippen LogP contribution in [-0.2, 0) is 0 Å². The Morgan fingerprint density at radius 1 is 0.955 bits per heavy atom. The topological polar surface area (TPSA) is 26.0 Å². The monoisotopic (exact) mass is 323 g/mol. The van der Waals surface area contributed by atoms with Gasteiger partial charge >= 0.3 is 0 Å². The van der Waals surface area contributed by atoms with Gasteiger partial charge in [0.1, 0.15) is 11.5 Å². The lowest BCUT2D eigenvalue weighted by molar-refractivity contribution is 0.548. The second-order valence-corrected chi connectivity index (χ2v) is 6.75. The molecule has 2 nitrogen and oxygen atoms in total. The van der Waals surface area contributed by atoms with Gasteiger partial charge < -0.3 is 4.42 Å². The van der Waals surface area contributed by atoms with E-state index in [1.54, 1.807) is 22.7 Å². The summed E-state index contributed by atoms with van der Waals surface area (Å²) < 4.78 is 5.79. The molecule has 4 rings (SSSR count). The van der Waals surface area contributed by atoms with Crippen LogP contribution in [0.15, 0.2) is 63.0 Å². The van der Waals surface area contributed by atoms with Gasteiger partial charge in [0.2, 0.25) is 0 Å². The number of rotatable bonds is 3. The molecule has 0 atom stereocenters. The molecular formula is C18H13NOS2. The summed E-state index contributed by atoms with van der Waals surface area (Å²) in [4.78, 5) is 5.99. The van der Waals surface area contributed by atoms with Crippen LogP contribution in [0.2, 0.25) is 0 Å². The molecule has 0 N–H and O–H groups in total. The van der Waals surface area contributed by atoms with Gasteiger partial charge in [-0.1, -0.05) is 6.07 Å². The van der Waals surface area contributed by atoms with Gasteiger partial charge in [-0.2, -0.15) is 11.3 Å². The van der Waals surface area contributed by atoms with Gasteiger partial charge in [-0.15, -0.1) is 11.3 Å². The molecule has 0 unspecified atom stereocenters. The van der Waals surface area contributed by atoms with E-state index in [9.17, 15) is 0 Å². The number of furan rings is 1. The predicted octanol–water partition coefficient (Wildman–Crippen LogP) is 6.11. The third-order valence-electron chi connectivity index (χ3n) is 3.44. The molecule has 4 aromatic heterocycles. The van der Waals surface area contributed by atoms with Crippen LogP contribution in [0.3, 0.4) is 0 Å². The van der Waals surface area contributed by atoms with E-state index in [1.807, 2.05) is 19.1 Å². The van der Waals surface area contributed by atoms with Crippen molar-refractivity contribution in [2.45, 2.75) is 6.92 Å². The maximum atomic E-state index is 5.79. The van der Waals surface area contributed by atoms with Gasteiger partial charge in [-0.25, -0.2) is 4.98 Å². The first kappa shape index (κ1) is 13.5. The van der Waals surface area contributed by atoms with Gasteiger partial charge in [0.25, 0.3) is 0 Å². The lowest BCUT2D eigenvalue weighted by atomic mass is 10.1. The standard InChI is InChI=1S/C18H13NOS2/c1-12-4-5-17(20-12)14-9-15(13-6-8-21-11-13)19-16(10-14)18-3-2-7-22-18/h2-11H,1H3. The normalized spacial score (nSPS) is 11.0. The van der Waals surface area contributed by atoms with Crippen molar-refractivity contribution in [3.63, 3.8) is 0 Å². The number of thiophene rings is 2. The van der Waals surface area contributed by atoms with Crippen molar-refractivity contribution in [2.75, 3.05) is 0 Å². The van der Waals surface area contributed by atoms with Crippen molar-refractivity contribution >= 4 is 22.7 Å². The van der Waals surface area contributed by atoms with Gasteiger partial charge in [0.05, 0.1) is 16.3 Å². The smallest absolute Gasteiger partial charge is 0.134 e. The number of pyridine rings is 1. The molecule has 4 heterocycles. The number of nitrogens with zero attached hydrogens (tertiary/aromatic N) is 1. The molecule has 108 valence electrons. The third kappa shape index (κ3) is 2.51. The zero-order chi connectivity index (χ0) is 14.9. The lowest BCUT2D eigenvalue weighted by Crippen LogP contribution is -1.88. The van der Waals surface area contributed by atoms with Crippen molar-refractivity contribution < 1.29 is 4.42 Å². The molecule has 22 heavy (non-hydrogen) atoms. The van der Waals surface area contributed by atoms with E-state index < -0.39 is 0 Å². The summed E-state index contributed by atoms with van der Waals surface area (Å²) in [5, 5.41) is 6.27. The molecule has 0 radical (unpaired) electrons. The Labute approximate surface area is 136 Å². The van der Waals surface area contributed by atoms with E-state index in [-0.39, 0.29) is 0 Å². The van der Waals surface area contributed by atoms with Crippen molar-refractivity contribution in [3.05, 3.63) is 64.4 Å². The molecule has 4 heteroatoms. The average Bonchev–Trinajstić information content (AvgIpc) is 3.29. The quantitative estimate of drug-likeness (QED) is 0.455. The molecule has 4 aromatic rings. The molecule has 0 aliphatic rings. The minimum absolute atomic E-state index is 0.884. The van der Waals surface area contributed by atoms with Gasteiger partial charge in [-0.05, 0) is 54.1 Å². The summed E-state index contributed by atoms with van der Waals surface area (Å²) >= 11 is 3.38. The van der Waals surface area contributed by atoms with Crippen LogP contribution in [-0.4, -0.2) is 4.98 Å². The number of hydrogen-bond acceptors (Lipinski definition) is 4. The van der Waals surface area contributed by atoms with E-state index in [2.05, 4.69) is 46.5 Å². The van der Waals surface area contributed by atoms with Gasteiger partial charge in [-0.3, -0.25) is 0 Å². The highest BCUT2D eigenvalue weighted by atomic mass is 32.1. The summed E-state index contributed by atoms with van der Waals surface area (Å²) in [6.07, 6.45) is 0. The average molecular weight is 323 g/mol. The van der Waals surface area contributed by atoms with Crippen molar-refractivity contribution in [3.8, 4) is 33.2 Å². The summed E-state index contributed by atoms with van der Waals surface area (Å²) in [5.74, 6) is 1.80. The van der Waals surface area contributed by atoms with Gasteiger partial charge in [0, 0.05) is 16.5 Å². The second-order valence-electron chi connectivity index (χ2n) is 5.03. The van der Waals surface area contributed by atoms with Crippen LogP contribution in [0.25, 0.3) is 33.2 Å². The van der Waals surface area contributed by atoms with Crippen LogP contribution in [0.1, 0.15) is 5.76 Å². The second kappa shape index (κ2) is 5.55. The molecule has 0 fully saturated rings. The van der Waals surface area contributed by atoms with E-state index in [0.717, 1.165) is 34.0 Å². The Bertz CT molecular complexity index is 837. The molecular weight excluding hydrogens is 310 g/mol. The fraction of sp³-hybridized carbons (Fsp3) is 0.0556. The molecule has 0 saturated carbocycles. The first-order chi connectivity index (χ1) is 10.8. The largest absolute Gasteiger partial charge is 0.461 e. The van der Waals surface area contributed by atoms with Crippen molar-refractivity contribution in [1.82, 2.24) is 4.98 Å². The van der Waals surface area contributed by atoms with E-state index >= 15 is 0 Å². The minimum atomic E-state index is 0.884. The highest BCUT2D eigenvalue weighted by Gasteiger charge is 2.11. The third-order valence-corrected chi connectivity index (χ3v) is 5.02. The maximum absolute atomic E-state index is 5.79. The molecule has 0 aliphatic heterocycles. The summed E-state index contributed by atoms with van der Waals surface area (Å²) in [6.45, 7) is 1.96. The summed E-state index contributed by atoms with van der Waals surface area (Å²) in [7, 11) is 0. The minimum Gasteiger partial charge on any atom is -0.461 e. The maximum Gasteiger partial charge on any atom is 0.134 e. The van der Waals surface area contributed by atoms with Crippen LogP contribution in [0, 0.1) is 6.92 Å². The predicted molar refractivity (Wildman–Crippen MR) is 93.3 cm³/mol. The lowest BCUT2D eigenvalue weighted by Gasteiger charge is -2.06. The molecule has 0 bridgehead atoms. The van der Waals surface area contributed by atoms with E-state index in [1.165, 1.54) is 4.88 Å².